The van der Waals surface area contributed by atoms with E-state index < -0.39 is 11.7 Å². The number of nitrogens with one attached hydrogen (secondary N) is 1. The highest BCUT2D eigenvalue weighted by Crippen LogP contribution is 2.33. The van der Waals surface area contributed by atoms with Crippen molar-refractivity contribution in [1.29, 1.82) is 0 Å². The average molecular weight is 395 g/mol. The molecule has 1 aromatic rings. The summed E-state index contributed by atoms with van der Waals surface area (Å²) in [5.74, 6) is 0. The van der Waals surface area contributed by atoms with E-state index in [0.717, 1.165) is 22.7 Å². The maximum atomic E-state index is 12.9. The zero-order chi connectivity index (χ0) is 20.0. The van der Waals surface area contributed by atoms with Crippen molar-refractivity contribution in [3.8, 4) is 0 Å². The van der Waals surface area contributed by atoms with Crippen LogP contribution in [-0.2, 0) is 6.42 Å². The molecule has 0 radical (unpaired) electrons. The Morgan fingerprint density at radius 2 is 2.15 bits per heavy atom. The lowest BCUT2D eigenvalue weighted by Crippen LogP contribution is -2.19. The molecule has 0 atom stereocenters. The molecule has 0 saturated heterocycles. The summed E-state index contributed by atoms with van der Waals surface area (Å²) in [6.45, 7) is 12.2. The van der Waals surface area contributed by atoms with E-state index in [-0.39, 0.29) is 6.42 Å². The second-order valence-corrected chi connectivity index (χ2v) is 7.34. The molecule has 6 heteroatoms. The van der Waals surface area contributed by atoms with Crippen LogP contribution in [-0.4, -0.2) is 17.6 Å². The van der Waals surface area contributed by atoms with Gasteiger partial charge in [0.25, 0.3) is 0 Å². The quantitative estimate of drug-likeness (QED) is 0.550. The van der Waals surface area contributed by atoms with Gasteiger partial charge in [0.1, 0.15) is 0 Å². The van der Waals surface area contributed by atoms with E-state index in [0.29, 0.717) is 18.5 Å². The number of hydrogen-bond acceptors (Lipinski definition) is 3. The van der Waals surface area contributed by atoms with Gasteiger partial charge in [-0.2, -0.15) is 13.2 Å². The molecule has 0 spiro atoms. The lowest BCUT2D eigenvalue weighted by Gasteiger charge is -2.22. The van der Waals surface area contributed by atoms with Crippen LogP contribution in [0.15, 0.2) is 66.0 Å². The first kappa shape index (κ1) is 21.1. The fraction of sp³-hybridized carbons (Fsp3) is 0.333. The Kier molecular flexibility index (Phi) is 7.13. The third kappa shape index (κ3) is 6.17. The summed E-state index contributed by atoms with van der Waals surface area (Å²) in [7, 11) is 0. The van der Waals surface area contributed by atoms with Crippen molar-refractivity contribution >= 4 is 17.0 Å². The fourth-order valence-electron chi connectivity index (χ4n) is 2.78. The van der Waals surface area contributed by atoms with Gasteiger partial charge in [-0.15, -0.1) is 11.3 Å². The minimum Gasteiger partial charge on any atom is -0.357 e. The fourth-order valence-corrected chi connectivity index (χ4v) is 3.70. The molecule has 2 nitrogen and oxygen atoms in total. The number of alkyl halides is 3. The van der Waals surface area contributed by atoms with Crippen LogP contribution in [0, 0.1) is 0 Å². The number of rotatable bonds is 8. The SMILES string of the molecule is C=CN(/C=C(\C)NC(=C)c1cc(CC)cs1)CC1=CCCC(C(F)(F)F)=C1. The van der Waals surface area contributed by atoms with E-state index in [2.05, 4.69) is 36.8 Å². The molecule has 0 unspecified atom stereocenters. The van der Waals surface area contributed by atoms with Gasteiger partial charge >= 0.3 is 6.18 Å². The first-order valence-electron chi connectivity index (χ1n) is 8.80. The molecule has 1 heterocycles. The van der Waals surface area contributed by atoms with Crippen LogP contribution >= 0.6 is 11.3 Å². The highest BCUT2D eigenvalue weighted by Gasteiger charge is 2.33. The van der Waals surface area contributed by atoms with Crippen LogP contribution in [0.4, 0.5) is 13.2 Å². The maximum Gasteiger partial charge on any atom is 0.412 e. The molecule has 1 aliphatic carbocycles. The van der Waals surface area contributed by atoms with Crippen molar-refractivity contribution in [2.75, 3.05) is 6.54 Å². The van der Waals surface area contributed by atoms with Crippen LogP contribution < -0.4 is 5.32 Å². The van der Waals surface area contributed by atoms with Gasteiger partial charge in [-0.05, 0) is 61.0 Å². The van der Waals surface area contributed by atoms with Crippen molar-refractivity contribution in [3.05, 3.63) is 76.4 Å². The van der Waals surface area contributed by atoms with Crippen molar-refractivity contribution in [3.63, 3.8) is 0 Å². The summed E-state index contributed by atoms with van der Waals surface area (Å²) in [5, 5.41) is 5.35. The van der Waals surface area contributed by atoms with Crippen LogP contribution in [0.3, 0.4) is 0 Å². The number of thiophene rings is 1. The van der Waals surface area contributed by atoms with Crippen LogP contribution in [0.1, 0.15) is 37.1 Å². The summed E-state index contributed by atoms with van der Waals surface area (Å²) in [4.78, 5) is 2.83. The number of nitrogens with zero attached hydrogens (tertiary/aromatic N) is 1. The monoisotopic (exact) mass is 394 g/mol. The lowest BCUT2D eigenvalue weighted by atomic mass is 9.99. The Balaban J connectivity index is 2.02. The molecule has 0 aromatic carbocycles. The topological polar surface area (TPSA) is 15.3 Å². The number of allylic oxidation sites excluding steroid dienone is 3. The van der Waals surface area contributed by atoms with Gasteiger partial charge < -0.3 is 10.2 Å². The predicted octanol–water partition coefficient (Wildman–Crippen LogP) is 6.39. The van der Waals surface area contributed by atoms with Crippen molar-refractivity contribution in [2.24, 2.45) is 0 Å². The summed E-state index contributed by atoms with van der Waals surface area (Å²) in [6, 6.07) is 2.11. The van der Waals surface area contributed by atoms with Crippen LogP contribution in [0.2, 0.25) is 0 Å². The minimum absolute atomic E-state index is 0.0396. The summed E-state index contributed by atoms with van der Waals surface area (Å²) in [6.07, 6.45) is 3.67. The van der Waals surface area contributed by atoms with Crippen molar-refractivity contribution in [1.82, 2.24) is 10.2 Å². The largest absolute Gasteiger partial charge is 0.412 e. The Morgan fingerprint density at radius 3 is 2.74 bits per heavy atom. The van der Waals surface area contributed by atoms with Gasteiger partial charge in [0.05, 0.1) is 4.88 Å². The Morgan fingerprint density at radius 1 is 1.41 bits per heavy atom. The molecule has 1 aliphatic rings. The van der Waals surface area contributed by atoms with E-state index >= 15 is 0 Å². The van der Waals surface area contributed by atoms with Crippen molar-refractivity contribution in [2.45, 2.75) is 39.3 Å². The molecule has 27 heavy (non-hydrogen) atoms. The van der Waals surface area contributed by atoms with Gasteiger partial charge in [-0.3, -0.25) is 0 Å². The standard InChI is InChI=1S/C21H25F3N2S/c1-5-17-11-20(27-14-17)16(4)25-15(3)12-26(6-2)13-18-8-7-9-19(10-18)21(22,23)24/h6,8,10-12,14,25H,2,4-5,7,9,13H2,1,3H3/b15-12+. The molecule has 146 valence electrons. The molecule has 0 amide bonds. The summed E-state index contributed by atoms with van der Waals surface area (Å²) >= 11 is 1.63. The van der Waals surface area contributed by atoms with Crippen LogP contribution in [0.25, 0.3) is 5.70 Å². The molecule has 0 fully saturated rings. The highest BCUT2D eigenvalue weighted by atomic mass is 32.1. The number of aryl methyl sites for hydroxylation is 1. The summed E-state index contributed by atoms with van der Waals surface area (Å²) < 4.78 is 38.7. The molecule has 0 bridgehead atoms. The molecule has 1 aromatic heterocycles. The Labute approximate surface area is 163 Å². The third-order valence-electron chi connectivity index (χ3n) is 4.21. The maximum absolute atomic E-state index is 12.9. The Bertz CT molecular complexity index is 782. The van der Waals surface area contributed by atoms with E-state index in [1.54, 1.807) is 22.4 Å². The van der Waals surface area contributed by atoms with E-state index in [9.17, 15) is 13.2 Å². The molecule has 1 N–H and O–H groups in total. The second kappa shape index (κ2) is 9.13. The highest BCUT2D eigenvalue weighted by molar-refractivity contribution is 7.11. The molecule has 0 aliphatic heterocycles. The minimum atomic E-state index is -4.26. The first-order valence-corrected chi connectivity index (χ1v) is 9.68. The van der Waals surface area contributed by atoms with E-state index in [4.69, 9.17) is 0 Å². The van der Waals surface area contributed by atoms with Crippen LogP contribution in [0.5, 0.6) is 0 Å². The average Bonchev–Trinajstić information content (AvgIpc) is 3.10. The predicted molar refractivity (Wildman–Crippen MR) is 108 cm³/mol. The Hall–Kier alpha value is -2.21. The second-order valence-electron chi connectivity index (χ2n) is 6.43. The molecular formula is C21H25F3N2S. The lowest BCUT2D eigenvalue weighted by molar-refractivity contribution is -0.0941. The molecular weight excluding hydrogens is 369 g/mol. The van der Waals surface area contributed by atoms with Gasteiger partial charge in [-0.25, -0.2) is 0 Å². The molecule has 2 rings (SSSR count). The zero-order valence-corrected chi connectivity index (χ0v) is 16.5. The number of halogens is 3. The molecule has 0 saturated carbocycles. The zero-order valence-electron chi connectivity index (χ0n) is 15.7. The third-order valence-corrected chi connectivity index (χ3v) is 5.25. The summed E-state index contributed by atoms with van der Waals surface area (Å²) in [5.41, 5.74) is 3.07. The van der Waals surface area contributed by atoms with Gasteiger partial charge in [0, 0.05) is 29.7 Å². The normalized spacial score (nSPS) is 15.1. The smallest absolute Gasteiger partial charge is 0.357 e. The van der Waals surface area contributed by atoms with Gasteiger partial charge in [0.2, 0.25) is 0 Å². The van der Waals surface area contributed by atoms with E-state index in [1.165, 1.54) is 11.6 Å². The van der Waals surface area contributed by atoms with Gasteiger partial charge in [0.15, 0.2) is 0 Å². The van der Waals surface area contributed by atoms with Gasteiger partial charge in [-0.1, -0.05) is 26.2 Å². The number of hydrogen-bond donors (Lipinski definition) is 1. The van der Waals surface area contributed by atoms with Crippen molar-refractivity contribution < 1.29 is 13.2 Å². The first-order chi connectivity index (χ1) is 12.7. The van der Waals surface area contributed by atoms with E-state index in [1.807, 2.05) is 19.2 Å².